The van der Waals surface area contributed by atoms with Crippen molar-refractivity contribution in [2.24, 2.45) is 0 Å². The topological polar surface area (TPSA) is 73.6 Å². The summed E-state index contributed by atoms with van der Waals surface area (Å²) < 4.78 is 16.2. The highest BCUT2D eigenvalue weighted by atomic mass is 16.5. The number of nitrogens with one attached hydrogen (secondary N) is 1. The average Bonchev–Trinajstić information content (AvgIpc) is 3.05. The van der Waals surface area contributed by atoms with E-state index in [9.17, 15) is 4.79 Å². The van der Waals surface area contributed by atoms with Crippen LogP contribution in [-0.2, 0) is 0 Å². The predicted molar refractivity (Wildman–Crippen MR) is 98.9 cm³/mol. The molecule has 0 aliphatic carbocycles. The molecule has 0 fully saturated rings. The van der Waals surface area contributed by atoms with E-state index in [1.165, 1.54) is 0 Å². The molecule has 6 heteroatoms. The van der Waals surface area contributed by atoms with E-state index in [4.69, 9.17) is 13.9 Å². The van der Waals surface area contributed by atoms with E-state index in [1.54, 1.807) is 33.3 Å². The van der Waals surface area contributed by atoms with Crippen LogP contribution in [0.25, 0.3) is 11.5 Å². The van der Waals surface area contributed by atoms with Gasteiger partial charge in [0.2, 0.25) is 5.89 Å². The van der Waals surface area contributed by atoms with Crippen LogP contribution in [0.3, 0.4) is 0 Å². The number of hydrogen-bond donors (Lipinski definition) is 1. The lowest BCUT2D eigenvalue weighted by atomic mass is 10.1. The van der Waals surface area contributed by atoms with Crippen molar-refractivity contribution in [1.82, 2.24) is 4.98 Å². The molecule has 0 radical (unpaired) electrons. The number of methoxy groups -OCH3 is 2. The van der Waals surface area contributed by atoms with Crippen molar-refractivity contribution in [3.05, 3.63) is 59.5 Å². The molecule has 2 aromatic carbocycles. The highest BCUT2D eigenvalue weighted by Gasteiger charge is 2.19. The van der Waals surface area contributed by atoms with Gasteiger partial charge in [0.25, 0.3) is 5.91 Å². The lowest BCUT2D eigenvalue weighted by Crippen LogP contribution is -2.14. The van der Waals surface area contributed by atoms with Crippen LogP contribution in [-0.4, -0.2) is 25.1 Å². The molecule has 0 saturated carbocycles. The number of amides is 1. The number of carbonyl (C=O) groups excluding carboxylic acids is 1. The Hall–Kier alpha value is -3.28. The van der Waals surface area contributed by atoms with Crippen LogP contribution >= 0.6 is 0 Å². The molecule has 3 rings (SSSR count). The van der Waals surface area contributed by atoms with Crippen LogP contribution in [0.5, 0.6) is 11.5 Å². The molecular formula is C20H20N2O4. The molecule has 0 unspecified atom stereocenters. The maximum atomic E-state index is 12.7. The predicted octanol–water partition coefficient (Wildman–Crippen LogP) is 4.23. The first-order valence-corrected chi connectivity index (χ1v) is 8.10. The standard InChI is InChI=1S/C20H20N2O4/c1-12-10-16(24-3)17(25-4)11-15(12)21-19(23)18-13(2)26-20(22-18)14-8-6-5-7-9-14/h5-11H,1-4H3,(H,21,23). The molecule has 1 heterocycles. The van der Waals surface area contributed by atoms with Crippen LogP contribution in [0.4, 0.5) is 5.69 Å². The number of nitrogens with zero attached hydrogens (tertiary/aromatic N) is 1. The van der Waals surface area contributed by atoms with Gasteiger partial charge in [-0.25, -0.2) is 4.98 Å². The van der Waals surface area contributed by atoms with Gasteiger partial charge >= 0.3 is 0 Å². The van der Waals surface area contributed by atoms with Gasteiger partial charge in [0.1, 0.15) is 5.76 Å². The van der Waals surface area contributed by atoms with Crippen molar-refractivity contribution in [2.75, 3.05) is 19.5 Å². The Morgan fingerprint density at radius 1 is 1.04 bits per heavy atom. The van der Waals surface area contributed by atoms with E-state index in [0.717, 1.165) is 11.1 Å². The maximum absolute atomic E-state index is 12.7. The zero-order valence-corrected chi connectivity index (χ0v) is 15.1. The van der Waals surface area contributed by atoms with E-state index in [2.05, 4.69) is 10.3 Å². The van der Waals surface area contributed by atoms with E-state index < -0.39 is 0 Å². The van der Waals surface area contributed by atoms with Gasteiger partial charge in [0.15, 0.2) is 17.2 Å². The van der Waals surface area contributed by atoms with Crippen LogP contribution in [0.1, 0.15) is 21.8 Å². The molecule has 0 aliphatic heterocycles. The number of carbonyl (C=O) groups is 1. The number of rotatable bonds is 5. The minimum Gasteiger partial charge on any atom is -0.493 e. The quantitative estimate of drug-likeness (QED) is 0.744. The summed E-state index contributed by atoms with van der Waals surface area (Å²) >= 11 is 0. The van der Waals surface area contributed by atoms with Crippen LogP contribution < -0.4 is 14.8 Å². The molecule has 6 nitrogen and oxygen atoms in total. The molecule has 1 N–H and O–H groups in total. The van der Waals surface area contributed by atoms with Crippen LogP contribution in [0, 0.1) is 13.8 Å². The summed E-state index contributed by atoms with van der Waals surface area (Å²) in [5, 5.41) is 2.86. The summed E-state index contributed by atoms with van der Waals surface area (Å²) in [5.41, 5.74) is 2.53. The summed E-state index contributed by atoms with van der Waals surface area (Å²) in [6.45, 7) is 3.60. The first-order valence-electron chi connectivity index (χ1n) is 8.10. The number of anilines is 1. The lowest BCUT2D eigenvalue weighted by Gasteiger charge is -2.13. The van der Waals surface area contributed by atoms with Crippen molar-refractivity contribution in [1.29, 1.82) is 0 Å². The third-order valence-electron chi connectivity index (χ3n) is 4.01. The molecule has 0 saturated heterocycles. The lowest BCUT2D eigenvalue weighted by molar-refractivity contribution is 0.102. The van der Waals surface area contributed by atoms with Gasteiger partial charge in [0, 0.05) is 17.3 Å². The second kappa shape index (κ2) is 7.31. The Balaban J connectivity index is 1.88. The first-order chi connectivity index (χ1) is 12.5. The summed E-state index contributed by atoms with van der Waals surface area (Å²) in [5.74, 6) is 1.67. The van der Waals surface area contributed by atoms with Crippen molar-refractivity contribution in [3.63, 3.8) is 0 Å². The van der Waals surface area contributed by atoms with Crippen molar-refractivity contribution < 1.29 is 18.7 Å². The fourth-order valence-corrected chi connectivity index (χ4v) is 2.61. The summed E-state index contributed by atoms with van der Waals surface area (Å²) in [6, 6.07) is 13.0. The third-order valence-corrected chi connectivity index (χ3v) is 4.01. The Bertz CT molecular complexity index is 932. The fraction of sp³-hybridized carbons (Fsp3) is 0.200. The summed E-state index contributed by atoms with van der Waals surface area (Å²) in [4.78, 5) is 17.0. The molecule has 1 amide bonds. The zero-order valence-electron chi connectivity index (χ0n) is 15.1. The number of benzene rings is 2. The van der Waals surface area contributed by atoms with Crippen molar-refractivity contribution in [2.45, 2.75) is 13.8 Å². The molecular weight excluding hydrogens is 332 g/mol. The molecule has 3 aromatic rings. The van der Waals surface area contributed by atoms with Gasteiger partial charge in [-0.1, -0.05) is 18.2 Å². The van der Waals surface area contributed by atoms with Gasteiger partial charge in [-0.05, 0) is 37.6 Å². The highest BCUT2D eigenvalue weighted by Crippen LogP contribution is 2.33. The highest BCUT2D eigenvalue weighted by molar-refractivity contribution is 6.04. The Morgan fingerprint density at radius 3 is 2.35 bits per heavy atom. The largest absolute Gasteiger partial charge is 0.493 e. The van der Waals surface area contributed by atoms with E-state index >= 15 is 0 Å². The monoisotopic (exact) mass is 352 g/mol. The first kappa shape index (κ1) is 17.5. The third kappa shape index (κ3) is 3.39. The van der Waals surface area contributed by atoms with Crippen molar-refractivity contribution in [3.8, 4) is 23.0 Å². The SMILES string of the molecule is COc1cc(C)c(NC(=O)c2nc(-c3ccccc3)oc2C)cc1OC. The fourth-order valence-electron chi connectivity index (χ4n) is 2.61. The zero-order chi connectivity index (χ0) is 18.7. The van der Waals surface area contributed by atoms with Crippen molar-refractivity contribution >= 4 is 11.6 Å². The minimum absolute atomic E-state index is 0.248. The van der Waals surface area contributed by atoms with E-state index in [-0.39, 0.29) is 11.6 Å². The van der Waals surface area contributed by atoms with E-state index in [0.29, 0.717) is 28.8 Å². The average molecular weight is 352 g/mol. The molecule has 0 atom stereocenters. The van der Waals surface area contributed by atoms with Gasteiger partial charge < -0.3 is 19.2 Å². The van der Waals surface area contributed by atoms with Crippen LogP contribution in [0.2, 0.25) is 0 Å². The van der Waals surface area contributed by atoms with E-state index in [1.807, 2.05) is 37.3 Å². The minimum atomic E-state index is -0.344. The van der Waals surface area contributed by atoms with Gasteiger partial charge in [-0.15, -0.1) is 0 Å². The number of oxazole rings is 1. The molecule has 0 spiro atoms. The molecule has 1 aromatic heterocycles. The normalized spacial score (nSPS) is 10.5. The van der Waals surface area contributed by atoms with Gasteiger partial charge in [-0.3, -0.25) is 4.79 Å². The summed E-state index contributed by atoms with van der Waals surface area (Å²) in [7, 11) is 3.12. The number of aromatic nitrogens is 1. The van der Waals surface area contributed by atoms with Gasteiger partial charge in [-0.2, -0.15) is 0 Å². The Kier molecular flexibility index (Phi) is 4.93. The number of hydrogen-bond acceptors (Lipinski definition) is 5. The number of aryl methyl sites for hydroxylation is 2. The summed E-state index contributed by atoms with van der Waals surface area (Å²) in [6.07, 6.45) is 0. The Morgan fingerprint density at radius 2 is 1.69 bits per heavy atom. The van der Waals surface area contributed by atoms with Crippen LogP contribution in [0.15, 0.2) is 46.9 Å². The smallest absolute Gasteiger partial charge is 0.277 e. The van der Waals surface area contributed by atoms with Gasteiger partial charge in [0.05, 0.1) is 14.2 Å². The molecule has 26 heavy (non-hydrogen) atoms. The Labute approximate surface area is 151 Å². The molecule has 134 valence electrons. The molecule has 0 bridgehead atoms. The number of ether oxygens (including phenoxy) is 2. The molecule has 0 aliphatic rings. The maximum Gasteiger partial charge on any atom is 0.277 e. The second-order valence-corrected chi connectivity index (χ2v) is 5.77. The second-order valence-electron chi connectivity index (χ2n) is 5.77.